The van der Waals surface area contributed by atoms with Crippen LogP contribution < -0.4 is 5.32 Å². The summed E-state index contributed by atoms with van der Waals surface area (Å²) in [6.45, 7) is 4.85. The van der Waals surface area contributed by atoms with Gasteiger partial charge in [-0.3, -0.25) is 9.59 Å². The molecule has 1 amide bonds. The summed E-state index contributed by atoms with van der Waals surface area (Å²) in [7, 11) is 0. The molecule has 0 fully saturated rings. The molecule has 0 aliphatic rings. The summed E-state index contributed by atoms with van der Waals surface area (Å²) in [6, 6.07) is -0.548. The van der Waals surface area contributed by atoms with Crippen molar-refractivity contribution in [2.45, 2.75) is 411 Å². The molecule has 82 heavy (non-hydrogen) atoms. The Morgan fingerprint density at radius 3 is 0.951 bits per heavy atom. The van der Waals surface area contributed by atoms with Gasteiger partial charge >= 0.3 is 5.97 Å². The van der Waals surface area contributed by atoms with Gasteiger partial charge in [-0.15, -0.1) is 0 Å². The summed E-state index contributed by atoms with van der Waals surface area (Å²) < 4.78 is 5.44. The molecular weight excluding hydrogens is 1010 g/mol. The van der Waals surface area contributed by atoms with Gasteiger partial charge in [0.25, 0.3) is 0 Å². The smallest absolute Gasteiger partial charge is 0.305 e. The van der Waals surface area contributed by atoms with E-state index in [2.05, 4.69) is 67.8 Å². The zero-order valence-corrected chi connectivity index (χ0v) is 55.2. The molecule has 0 saturated heterocycles. The van der Waals surface area contributed by atoms with Gasteiger partial charge in [-0.1, -0.05) is 358 Å². The number of nitrogens with one attached hydrogen (secondary N) is 1. The van der Waals surface area contributed by atoms with Crippen LogP contribution in [0.1, 0.15) is 399 Å². The van der Waals surface area contributed by atoms with Crippen molar-refractivity contribution < 1.29 is 24.5 Å². The fraction of sp³-hybridized carbons (Fsp3) is 0.868. The van der Waals surface area contributed by atoms with E-state index in [0.29, 0.717) is 25.9 Å². The minimum atomic E-state index is -0.671. The maximum atomic E-state index is 12.6. The predicted molar refractivity (Wildman–Crippen MR) is 361 cm³/mol. The lowest BCUT2D eigenvalue weighted by molar-refractivity contribution is -0.143. The number of aliphatic hydroxyl groups is 2. The monoisotopic (exact) mass is 1150 g/mol. The first-order valence-corrected chi connectivity index (χ1v) is 36.9. The van der Waals surface area contributed by atoms with E-state index < -0.39 is 12.1 Å². The first kappa shape index (κ1) is 79.8. The zero-order chi connectivity index (χ0) is 59.2. The highest BCUT2D eigenvalue weighted by molar-refractivity contribution is 5.76. The van der Waals surface area contributed by atoms with Gasteiger partial charge in [-0.05, 0) is 77.0 Å². The number of hydrogen-bond donors (Lipinski definition) is 3. The third-order valence-corrected chi connectivity index (χ3v) is 17.1. The first-order valence-electron chi connectivity index (χ1n) is 36.9. The number of allylic oxidation sites excluding steroid dienone is 7. The van der Waals surface area contributed by atoms with E-state index in [4.69, 9.17) is 4.74 Å². The lowest BCUT2D eigenvalue weighted by Gasteiger charge is -2.22. The van der Waals surface area contributed by atoms with Gasteiger partial charge in [0.05, 0.1) is 25.4 Å². The highest BCUT2D eigenvalue weighted by Gasteiger charge is 2.20. The van der Waals surface area contributed by atoms with Gasteiger partial charge in [0.15, 0.2) is 0 Å². The van der Waals surface area contributed by atoms with Gasteiger partial charge in [-0.25, -0.2) is 0 Å². The van der Waals surface area contributed by atoms with E-state index in [1.54, 1.807) is 0 Å². The van der Waals surface area contributed by atoms with Crippen molar-refractivity contribution >= 4 is 11.9 Å². The molecule has 0 bridgehead atoms. The number of carbonyl (C=O) groups is 2. The molecule has 0 aromatic rings. The molecule has 0 aliphatic carbocycles. The normalized spacial score (nSPS) is 12.8. The Hall–Kier alpha value is -2.18. The summed E-state index contributed by atoms with van der Waals surface area (Å²) in [6.07, 6.45) is 93.2. The molecule has 6 heteroatoms. The molecule has 3 N–H and O–H groups in total. The van der Waals surface area contributed by atoms with Crippen LogP contribution in [0.2, 0.25) is 0 Å². The van der Waals surface area contributed by atoms with Crippen LogP contribution in [0.5, 0.6) is 0 Å². The Morgan fingerprint density at radius 2 is 0.610 bits per heavy atom. The maximum Gasteiger partial charge on any atom is 0.305 e. The Bertz CT molecular complexity index is 1370. The molecule has 2 unspecified atom stereocenters. The van der Waals surface area contributed by atoms with Gasteiger partial charge in [0, 0.05) is 12.8 Å². The number of rotatable bonds is 69. The topological polar surface area (TPSA) is 95.9 Å². The summed E-state index contributed by atoms with van der Waals surface area (Å²) >= 11 is 0. The highest BCUT2D eigenvalue weighted by atomic mass is 16.5. The van der Waals surface area contributed by atoms with Crippen molar-refractivity contribution in [2.24, 2.45) is 0 Å². The fourth-order valence-corrected chi connectivity index (χ4v) is 11.5. The van der Waals surface area contributed by atoms with E-state index >= 15 is 0 Å². The zero-order valence-electron chi connectivity index (χ0n) is 55.2. The van der Waals surface area contributed by atoms with Crippen molar-refractivity contribution in [1.82, 2.24) is 5.32 Å². The number of carbonyl (C=O) groups excluding carboxylic acids is 2. The SMILES string of the molecule is CCCCC/C=C\C/C=C\CCCCCCCCCCCC(=O)OCC/C=C\C/C=C\CCCCCCCCCCCCCCCCC(=O)NC(CO)C(O)CCCCCCCCCCCCCCCCCCCCCCCCCCC. The minimum Gasteiger partial charge on any atom is -0.465 e. The molecule has 0 heterocycles. The third-order valence-electron chi connectivity index (χ3n) is 17.1. The Balaban J connectivity index is 3.44. The fourth-order valence-electron chi connectivity index (χ4n) is 11.5. The molecule has 6 nitrogen and oxygen atoms in total. The van der Waals surface area contributed by atoms with Crippen LogP contribution in [0.25, 0.3) is 0 Å². The van der Waals surface area contributed by atoms with Crippen LogP contribution in [0.3, 0.4) is 0 Å². The minimum absolute atomic E-state index is 0.0357. The van der Waals surface area contributed by atoms with Crippen LogP contribution in [-0.4, -0.2) is 47.4 Å². The predicted octanol–water partition coefficient (Wildman–Crippen LogP) is 24.0. The van der Waals surface area contributed by atoms with E-state index in [1.807, 2.05) is 0 Å². The standard InChI is InChI=1S/C76H143NO5/c1-3-5-7-9-11-13-15-17-19-21-23-24-25-26-27-29-33-36-40-44-48-52-56-60-64-68-74(79)73(72-78)77-75(80)69-65-61-57-53-49-45-41-37-34-30-28-31-35-39-43-47-51-55-59-63-67-71-82-76(81)70-66-62-58-54-50-46-42-38-32-22-20-18-16-14-12-10-8-6-4-2/h12,14,18,20,47,51,59,63,73-74,78-79H,3-11,13,15-17,19,21-46,48-50,52-58,60-62,64-72H2,1-2H3,(H,77,80)/b14-12-,20-18-,51-47-,63-59-. The molecule has 482 valence electrons. The van der Waals surface area contributed by atoms with Crippen molar-refractivity contribution in [3.05, 3.63) is 48.6 Å². The Labute approximate surface area is 512 Å². The van der Waals surface area contributed by atoms with Crippen LogP contribution in [0, 0.1) is 0 Å². The lowest BCUT2D eigenvalue weighted by atomic mass is 10.0. The molecule has 0 saturated carbocycles. The van der Waals surface area contributed by atoms with Crippen molar-refractivity contribution in [2.75, 3.05) is 13.2 Å². The number of unbranched alkanes of at least 4 members (excludes halogenated alkanes) is 50. The molecule has 0 rings (SSSR count). The molecular formula is C76H143NO5. The number of hydrogen-bond acceptors (Lipinski definition) is 5. The summed E-state index contributed by atoms with van der Waals surface area (Å²) in [5.74, 6) is -0.0739. The average Bonchev–Trinajstić information content (AvgIpc) is 3.48. The molecule has 0 aromatic carbocycles. The number of esters is 1. The molecule has 0 aromatic heterocycles. The molecule has 2 atom stereocenters. The number of amides is 1. The van der Waals surface area contributed by atoms with E-state index in [-0.39, 0.29) is 18.5 Å². The second kappa shape index (κ2) is 71.3. The second-order valence-electron chi connectivity index (χ2n) is 25.3. The summed E-state index contributed by atoms with van der Waals surface area (Å²) in [5.41, 5.74) is 0. The van der Waals surface area contributed by atoms with Crippen LogP contribution in [0.15, 0.2) is 48.6 Å². The third kappa shape index (κ3) is 67.0. The molecule has 0 spiro atoms. The van der Waals surface area contributed by atoms with E-state index in [0.717, 1.165) is 57.8 Å². The molecule has 0 aliphatic heterocycles. The maximum absolute atomic E-state index is 12.6. The van der Waals surface area contributed by atoms with E-state index in [1.165, 1.54) is 308 Å². The number of ether oxygens (including phenoxy) is 1. The lowest BCUT2D eigenvalue weighted by Crippen LogP contribution is -2.45. The van der Waals surface area contributed by atoms with Gasteiger partial charge in [-0.2, -0.15) is 0 Å². The van der Waals surface area contributed by atoms with Crippen LogP contribution in [-0.2, 0) is 14.3 Å². The number of aliphatic hydroxyl groups excluding tert-OH is 2. The quantitative estimate of drug-likeness (QED) is 0.0320. The van der Waals surface area contributed by atoms with Crippen LogP contribution >= 0.6 is 0 Å². The largest absolute Gasteiger partial charge is 0.465 e. The van der Waals surface area contributed by atoms with Crippen LogP contribution in [0.4, 0.5) is 0 Å². The first-order chi connectivity index (χ1) is 40.5. The highest BCUT2D eigenvalue weighted by Crippen LogP contribution is 2.19. The summed E-state index contributed by atoms with van der Waals surface area (Å²) in [5, 5.41) is 23.5. The molecule has 0 radical (unpaired) electrons. The Kier molecular flexibility index (Phi) is 69.4. The van der Waals surface area contributed by atoms with E-state index in [9.17, 15) is 19.8 Å². The van der Waals surface area contributed by atoms with Gasteiger partial charge in [0.1, 0.15) is 0 Å². The van der Waals surface area contributed by atoms with Crippen molar-refractivity contribution in [3.8, 4) is 0 Å². The van der Waals surface area contributed by atoms with Crippen molar-refractivity contribution in [3.63, 3.8) is 0 Å². The Morgan fingerprint density at radius 1 is 0.341 bits per heavy atom. The van der Waals surface area contributed by atoms with Gasteiger partial charge < -0.3 is 20.3 Å². The average molecular weight is 1150 g/mol. The van der Waals surface area contributed by atoms with Crippen molar-refractivity contribution in [1.29, 1.82) is 0 Å². The van der Waals surface area contributed by atoms with Gasteiger partial charge in [0.2, 0.25) is 5.91 Å². The summed E-state index contributed by atoms with van der Waals surface area (Å²) in [4.78, 5) is 24.7. The second-order valence-corrected chi connectivity index (χ2v) is 25.3.